The molecule has 1 heterocycles. The maximum Gasteiger partial charge on any atom is 0.357 e. The lowest BCUT2D eigenvalue weighted by Gasteiger charge is -2.14. The van der Waals surface area contributed by atoms with Gasteiger partial charge < -0.3 is 10.0 Å². The van der Waals surface area contributed by atoms with Crippen molar-refractivity contribution in [3.8, 4) is 11.3 Å². The Morgan fingerprint density at radius 2 is 1.77 bits per heavy atom. The third-order valence-corrected chi connectivity index (χ3v) is 4.78. The van der Waals surface area contributed by atoms with Gasteiger partial charge in [0, 0.05) is 17.2 Å². The minimum Gasteiger partial charge on any atom is -0.618 e. The van der Waals surface area contributed by atoms with Gasteiger partial charge in [-0.25, -0.2) is 0 Å². The summed E-state index contributed by atoms with van der Waals surface area (Å²) in [7, 11) is 0. The van der Waals surface area contributed by atoms with Crippen LogP contribution in [0.15, 0.2) is 77.6 Å². The Balaban J connectivity index is 1.88. The third kappa shape index (κ3) is 3.44. The molecule has 0 saturated heterocycles. The molecule has 0 unspecified atom stereocenters. The van der Waals surface area contributed by atoms with Crippen molar-refractivity contribution in [1.82, 2.24) is 4.73 Å². The predicted molar refractivity (Wildman–Crippen MR) is 111 cm³/mol. The van der Waals surface area contributed by atoms with Crippen LogP contribution in [0.3, 0.4) is 0 Å². The van der Waals surface area contributed by atoms with E-state index in [1.807, 2.05) is 0 Å². The van der Waals surface area contributed by atoms with Gasteiger partial charge in [-0.2, -0.15) is 4.73 Å². The summed E-state index contributed by atoms with van der Waals surface area (Å²) in [5.41, 5.74) is 0.0671. The average Bonchev–Trinajstić information content (AvgIpc) is 2.74. The number of hydrogen-bond acceptors (Lipinski definition) is 5. The van der Waals surface area contributed by atoms with Crippen molar-refractivity contribution < 1.29 is 14.5 Å². The van der Waals surface area contributed by atoms with E-state index in [0.717, 1.165) is 4.73 Å². The highest BCUT2D eigenvalue weighted by molar-refractivity contribution is 6.30. The normalized spacial score (nSPS) is 10.8. The van der Waals surface area contributed by atoms with Crippen LogP contribution >= 0.6 is 11.6 Å². The van der Waals surface area contributed by atoms with Crippen molar-refractivity contribution in [3.63, 3.8) is 0 Å². The quantitative estimate of drug-likeness (QED) is 0.211. The van der Waals surface area contributed by atoms with Crippen LogP contribution in [0.25, 0.3) is 22.3 Å². The van der Waals surface area contributed by atoms with Gasteiger partial charge >= 0.3 is 5.56 Å². The molecule has 4 rings (SSSR count). The number of nitro benzene ring substituents is 1. The second-order valence-corrected chi connectivity index (χ2v) is 6.84. The van der Waals surface area contributed by atoms with Crippen LogP contribution in [0.2, 0.25) is 5.02 Å². The summed E-state index contributed by atoms with van der Waals surface area (Å²) < 4.78 is 1.52. The summed E-state index contributed by atoms with van der Waals surface area (Å²) in [6.07, 6.45) is 0. The van der Waals surface area contributed by atoms with E-state index < -0.39 is 10.5 Å². The molecule has 0 aliphatic rings. The molecule has 0 radical (unpaired) electrons. The molecule has 0 aliphatic heterocycles. The molecular weight excluding hydrogens is 410 g/mol. The first-order valence-electron chi connectivity index (χ1n) is 8.86. The zero-order chi connectivity index (χ0) is 21.3. The van der Waals surface area contributed by atoms with Crippen LogP contribution in [0.4, 0.5) is 5.69 Å². The van der Waals surface area contributed by atoms with E-state index in [-0.39, 0.29) is 29.0 Å². The smallest absolute Gasteiger partial charge is 0.357 e. The topological polar surface area (TPSA) is 101 Å². The fourth-order valence-electron chi connectivity index (χ4n) is 3.17. The van der Waals surface area contributed by atoms with E-state index in [1.54, 1.807) is 60.7 Å². The van der Waals surface area contributed by atoms with E-state index >= 15 is 0 Å². The Bertz CT molecular complexity index is 1340. The molecule has 0 amide bonds. The summed E-state index contributed by atoms with van der Waals surface area (Å²) >= 11 is 6.03. The molecule has 1 aromatic heterocycles. The number of benzene rings is 3. The molecule has 0 N–H and O–H groups in total. The molecule has 150 valence electrons. The first-order valence-corrected chi connectivity index (χ1v) is 9.24. The van der Waals surface area contributed by atoms with E-state index in [1.165, 1.54) is 12.1 Å². The Morgan fingerprint density at radius 3 is 2.53 bits per heavy atom. The van der Waals surface area contributed by atoms with Crippen LogP contribution in [-0.4, -0.2) is 9.65 Å². The SMILES string of the molecule is O=c1c(-c2cccc(Cl)c2)[n+]([O-])c2ccccc2n1OCc1ccccc1[N+](=O)[O-]. The molecule has 0 spiro atoms. The number of halogens is 1. The third-order valence-electron chi connectivity index (χ3n) is 4.54. The van der Waals surface area contributed by atoms with Gasteiger partial charge in [-0.05, 0) is 30.3 Å². The second kappa shape index (κ2) is 7.84. The van der Waals surface area contributed by atoms with Crippen LogP contribution in [-0.2, 0) is 6.61 Å². The van der Waals surface area contributed by atoms with Crippen LogP contribution in [0.5, 0.6) is 0 Å². The fourth-order valence-corrected chi connectivity index (χ4v) is 3.36. The number of fused-ring (bicyclic) bond motifs is 1. The van der Waals surface area contributed by atoms with Crippen molar-refractivity contribution in [2.75, 3.05) is 0 Å². The zero-order valence-corrected chi connectivity index (χ0v) is 16.2. The summed E-state index contributed by atoms with van der Waals surface area (Å²) in [5.74, 6) is 0. The predicted octanol–water partition coefficient (Wildman–Crippen LogP) is 3.49. The second-order valence-electron chi connectivity index (χ2n) is 6.40. The Kier molecular flexibility index (Phi) is 5.07. The van der Waals surface area contributed by atoms with Crippen molar-refractivity contribution >= 4 is 28.3 Å². The molecule has 0 aliphatic carbocycles. The lowest BCUT2D eigenvalue weighted by Crippen LogP contribution is -2.42. The van der Waals surface area contributed by atoms with E-state index in [0.29, 0.717) is 20.9 Å². The summed E-state index contributed by atoms with van der Waals surface area (Å²) in [6.45, 7) is -0.237. The van der Waals surface area contributed by atoms with Crippen molar-refractivity contribution in [2.24, 2.45) is 0 Å². The lowest BCUT2D eigenvalue weighted by molar-refractivity contribution is -0.566. The van der Waals surface area contributed by atoms with Crippen molar-refractivity contribution in [2.45, 2.75) is 6.61 Å². The molecule has 0 atom stereocenters. The summed E-state index contributed by atoms with van der Waals surface area (Å²) in [5, 5.41) is 24.6. The first-order chi connectivity index (χ1) is 14.5. The van der Waals surface area contributed by atoms with Crippen molar-refractivity contribution in [3.05, 3.63) is 109 Å². The Labute approximate surface area is 174 Å². The molecule has 3 aromatic carbocycles. The molecule has 4 aromatic rings. The molecular formula is C21H14ClN3O5. The zero-order valence-electron chi connectivity index (χ0n) is 15.4. The highest BCUT2D eigenvalue weighted by atomic mass is 35.5. The maximum atomic E-state index is 13.2. The molecule has 0 bridgehead atoms. The minimum atomic E-state index is -0.704. The van der Waals surface area contributed by atoms with Gasteiger partial charge in [-0.15, -0.1) is 4.73 Å². The summed E-state index contributed by atoms with van der Waals surface area (Å²) in [4.78, 5) is 29.6. The number of para-hydroxylation sites is 3. The van der Waals surface area contributed by atoms with Crippen molar-refractivity contribution in [1.29, 1.82) is 0 Å². The molecule has 30 heavy (non-hydrogen) atoms. The van der Waals surface area contributed by atoms with E-state index in [4.69, 9.17) is 16.4 Å². The van der Waals surface area contributed by atoms with Crippen LogP contribution < -0.4 is 15.1 Å². The Morgan fingerprint density at radius 1 is 1.03 bits per heavy atom. The van der Waals surface area contributed by atoms with Gasteiger partial charge in [0.2, 0.25) is 5.52 Å². The minimum absolute atomic E-state index is 0.125. The Hall–Kier alpha value is -3.91. The van der Waals surface area contributed by atoms with Crippen LogP contribution in [0.1, 0.15) is 5.56 Å². The standard InChI is InChI=1S/C21H14ClN3O5/c22-16-8-5-7-14(12-16)20-21(26)24(19-11-4-3-10-18(19)23(20)27)30-13-15-6-1-2-9-17(15)25(28)29/h1-12H,13H2. The van der Waals surface area contributed by atoms with E-state index in [2.05, 4.69) is 0 Å². The van der Waals surface area contributed by atoms with Gasteiger partial charge in [0.05, 0.1) is 16.1 Å². The molecule has 0 saturated carbocycles. The lowest BCUT2D eigenvalue weighted by atomic mass is 10.1. The number of aromatic nitrogens is 2. The van der Waals surface area contributed by atoms with Gasteiger partial charge in [0.1, 0.15) is 6.61 Å². The highest BCUT2D eigenvalue weighted by Crippen LogP contribution is 2.21. The van der Waals surface area contributed by atoms with E-state index in [9.17, 15) is 20.1 Å². The molecule has 9 heteroatoms. The maximum absolute atomic E-state index is 13.2. The average molecular weight is 424 g/mol. The number of rotatable bonds is 5. The molecule has 0 fully saturated rings. The van der Waals surface area contributed by atoms with Gasteiger partial charge in [-0.3, -0.25) is 14.9 Å². The fraction of sp³-hybridized carbons (Fsp3) is 0.0476. The van der Waals surface area contributed by atoms with Gasteiger partial charge in [0.15, 0.2) is 5.52 Å². The summed E-state index contributed by atoms with van der Waals surface area (Å²) in [6, 6.07) is 18.9. The van der Waals surface area contributed by atoms with Gasteiger partial charge in [-0.1, -0.05) is 41.9 Å². The highest BCUT2D eigenvalue weighted by Gasteiger charge is 2.24. The number of nitrogens with zero attached hydrogens (tertiary/aromatic N) is 3. The molecule has 8 nitrogen and oxygen atoms in total. The number of hydrogen-bond donors (Lipinski definition) is 0. The van der Waals surface area contributed by atoms with Gasteiger partial charge in [0.25, 0.3) is 11.4 Å². The van der Waals surface area contributed by atoms with Crippen LogP contribution in [0, 0.1) is 15.3 Å². The number of nitro groups is 1. The first kappa shape index (κ1) is 19.4. The monoisotopic (exact) mass is 423 g/mol. The largest absolute Gasteiger partial charge is 0.618 e.